The average Bonchev–Trinajstić information content (AvgIpc) is 3.51. The van der Waals surface area contributed by atoms with E-state index in [1.807, 2.05) is 34.5 Å². The van der Waals surface area contributed by atoms with Crippen LogP contribution in [0, 0.1) is 5.92 Å². The van der Waals surface area contributed by atoms with Gasteiger partial charge in [-0.2, -0.15) is 0 Å². The van der Waals surface area contributed by atoms with Crippen molar-refractivity contribution in [1.29, 1.82) is 0 Å². The van der Waals surface area contributed by atoms with E-state index in [1.165, 1.54) is 24.2 Å². The van der Waals surface area contributed by atoms with Crippen LogP contribution in [0.2, 0.25) is 0 Å². The average molecular weight is 402 g/mol. The molecule has 0 spiro atoms. The summed E-state index contributed by atoms with van der Waals surface area (Å²) in [5.74, 6) is 1.07. The fourth-order valence-corrected chi connectivity index (χ4v) is 4.88. The Kier molecular flexibility index (Phi) is 6.12. The van der Waals surface area contributed by atoms with Gasteiger partial charge in [0, 0.05) is 25.6 Å². The first-order valence-corrected chi connectivity index (χ1v) is 11.0. The van der Waals surface area contributed by atoms with Crippen molar-refractivity contribution in [2.45, 2.75) is 31.7 Å². The maximum atomic E-state index is 12.7. The van der Waals surface area contributed by atoms with Crippen molar-refractivity contribution in [1.82, 2.24) is 15.1 Å². The van der Waals surface area contributed by atoms with E-state index in [2.05, 4.69) is 10.2 Å². The summed E-state index contributed by atoms with van der Waals surface area (Å²) < 4.78 is 5.63. The summed E-state index contributed by atoms with van der Waals surface area (Å²) in [6.07, 6.45) is 5.53. The van der Waals surface area contributed by atoms with Crippen molar-refractivity contribution in [2.24, 2.45) is 5.92 Å². The highest BCUT2D eigenvalue weighted by atomic mass is 32.1. The van der Waals surface area contributed by atoms with Crippen molar-refractivity contribution in [2.75, 3.05) is 32.7 Å². The lowest BCUT2D eigenvalue weighted by Gasteiger charge is -2.32. The third-order valence-electron chi connectivity index (χ3n) is 5.81. The molecule has 2 aliphatic rings. The van der Waals surface area contributed by atoms with Crippen LogP contribution in [0.3, 0.4) is 0 Å². The molecule has 4 heterocycles. The van der Waals surface area contributed by atoms with Crippen LogP contribution in [0.5, 0.6) is 0 Å². The molecule has 0 bridgehead atoms. The Balaban J connectivity index is 1.28. The van der Waals surface area contributed by atoms with E-state index in [1.54, 1.807) is 6.26 Å². The van der Waals surface area contributed by atoms with E-state index < -0.39 is 0 Å². The van der Waals surface area contributed by atoms with Gasteiger partial charge in [0.05, 0.1) is 17.2 Å². The zero-order valence-electron chi connectivity index (χ0n) is 16.0. The molecule has 1 atom stereocenters. The lowest BCUT2D eigenvalue weighted by atomic mass is 9.95. The first-order valence-electron chi connectivity index (χ1n) is 10.1. The normalized spacial score (nSPS) is 19.6. The lowest BCUT2D eigenvalue weighted by molar-refractivity contribution is -0.126. The highest BCUT2D eigenvalue weighted by Crippen LogP contribution is 2.26. The Bertz CT molecular complexity index is 761. The smallest absolute Gasteiger partial charge is 0.263 e. The molecule has 1 N–H and O–H groups in total. The number of amides is 2. The SMILES string of the molecule is O=C(NCC(c1ccco1)N1CCCC1)C1CCN(C(=O)c2cccs2)CC1. The summed E-state index contributed by atoms with van der Waals surface area (Å²) in [5, 5.41) is 5.07. The van der Waals surface area contributed by atoms with E-state index in [9.17, 15) is 9.59 Å². The molecule has 4 rings (SSSR count). The van der Waals surface area contributed by atoms with Crippen LogP contribution < -0.4 is 5.32 Å². The minimum absolute atomic E-state index is 0.0248. The van der Waals surface area contributed by atoms with Gasteiger partial charge in [-0.3, -0.25) is 14.5 Å². The summed E-state index contributed by atoms with van der Waals surface area (Å²) in [5.41, 5.74) is 0. The van der Waals surface area contributed by atoms with Gasteiger partial charge in [-0.1, -0.05) is 6.07 Å². The van der Waals surface area contributed by atoms with Gasteiger partial charge < -0.3 is 14.6 Å². The number of carbonyl (C=O) groups is 2. The van der Waals surface area contributed by atoms with E-state index in [0.717, 1.165) is 36.6 Å². The molecule has 2 amide bonds. The highest BCUT2D eigenvalue weighted by Gasteiger charge is 2.30. The van der Waals surface area contributed by atoms with Gasteiger partial charge in [-0.05, 0) is 62.4 Å². The number of furan rings is 1. The molecular weight excluding hydrogens is 374 g/mol. The van der Waals surface area contributed by atoms with Crippen molar-refractivity contribution in [3.63, 3.8) is 0 Å². The van der Waals surface area contributed by atoms with E-state index in [4.69, 9.17) is 4.42 Å². The molecule has 7 heteroatoms. The Labute approximate surface area is 169 Å². The van der Waals surface area contributed by atoms with Crippen molar-refractivity contribution in [3.8, 4) is 0 Å². The van der Waals surface area contributed by atoms with Crippen molar-refractivity contribution >= 4 is 23.2 Å². The summed E-state index contributed by atoms with van der Waals surface area (Å²) in [4.78, 5) is 30.2. The van der Waals surface area contributed by atoms with Crippen LogP contribution in [0.1, 0.15) is 47.2 Å². The number of rotatable bonds is 6. The van der Waals surface area contributed by atoms with E-state index in [-0.39, 0.29) is 23.8 Å². The maximum Gasteiger partial charge on any atom is 0.263 e. The molecule has 2 aliphatic heterocycles. The Morgan fingerprint density at radius 2 is 1.93 bits per heavy atom. The second-order valence-corrected chi connectivity index (χ2v) is 8.51. The van der Waals surface area contributed by atoms with Crippen LogP contribution in [0.4, 0.5) is 0 Å². The van der Waals surface area contributed by atoms with Gasteiger partial charge in [-0.15, -0.1) is 11.3 Å². The van der Waals surface area contributed by atoms with E-state index >= 15 is 0 Å². The predicted octanol–water partition coefficient (Wildman–Crippen LogP) is 3.15. The summed E-state index contributed by atoms with van der Waals surface area (Å²) in [7, 11) is 0. The number of thiophene rings is 1. The van der Waals surface area contributed by atoms with Crippen molar-refractivity contribution < 1.29 is 14.0 Å². The molecule has 6 nitrogen and oxygen atoms in total. The third-order valence-corrected chi connectivity index (χ3v) is 6.67. The van der Waals surface area contributed by atoms with Crippen molar-refractivity contribution in [3.05, 3.63) is 46.5 Å². The predicted molar refractivity (Wildman–Crippen MR) is 108 cm³/mol. The Morgan fingerprint density at radius 1 is 1.14 bits per heavy atom. The highest BCUT2D eigenvalue weighted by molar-refractivity contribution is 7.12. The second kappa shape index (κ2) is 8.92. The fraction of sp³-hybridized carbons (Fsp3) is 0.524. The molecule has 2 aromatic heterocycles. The molecular formula is C21H27N3O3S. The van der Waals surface area contributed by atoms with Crippen LogP contribution in [0.25, 0.3) is 0 Å². The number of hydrogen-bond acceptors (Lipinski definition) is 5. The summed E-state index contributed by atoms with van der Waals surface area (Å²) in [6.45, 7) is 3.95. The monoisotopic (exact) mass is 401 g/mol. The van der Waals surface area contributed by atoms with Gasteiger partial charge in [0.25, 0.3) is 5.91 Å². The van der Waals surface area contributed by atoms with Crippen LogP contribution in [-0.4, -0.2) is 54.3 Å². The number of hydrogen-bond donors (Lipinski definition) is 1. The molecule has 0 saturated carbocycles. The van der Waals surface area contributed by atoms with Crippen LogP contribution in [0.15, 0.2) is 40.3 Å². The Morgan fingerprint density at radius 3 is 2.57 bits per heavy atom. The minimum Gasteiger partial charge on any atom is -0.468 e. The number of nitrogens with zero attached hydrogens (tertiary/aromatic N) is 2. The number of likely N-dealkylation sites (tertiary alicyclic amines) is 2. The molecule has 0 aliphatic carbocycles. The zero-order chi connectivity index (χ0) is 19.3. The molecule has 0 aromatic carbocycles. The molecule has 2 fully saturated rings. The number of piperidine rings is 1. The lowest BCUT2D eigenvalue weighted by Crippen LogP contribution is -2.44. The minimum atomic E-state index is -0.0248. The van der Waals surface area contributed by atoms with Gasteiger partial charge in [0.2, 0.25) is 5.91 Å². The van der Waals surface area contributed by atoms with Gasteiger partial charge in [0.15, 0.2) is 0 Å². The number of carbonyl (C=O) groups excluding carboxylic acids is 2. The molecule has 2 saturated heterocycles. The molecule has 1 unspecified atom stereocenters. The molecule has 2 aromatic rings. The first-order chi connectivity index (χ1) is 13.7. The van der Waals surface area contributed by atoms with E-state index in [0.29, 0.717) is 19.6 Å². The van der Waals surface area contributed by atoms with Gasteiger partial charge >= 0.3 is 0 Å². The van der Waals surface area contributed by atoms with Crippen LogP contribution >= 0.6 is 11.3 Å². The first kappa shape index (κ1) is 19.2. The number of nitrogens with one attached hydrogen (secondary N) is 1. The molecule has 150 valence electrons. The third kappa shape index (κ3) is 4.31. The second-order valence-electron chi connectivity index (χ2n) is 7.56. The summed E-state index contributed by atoms with van der Waals surface area (Å²) >= 11 is 1.47. The quantitative estimate of drug-likeness (QED) is 0.808. The summed E-state index contributed by atoms with van der Waals surface area (Å²) in [6, 6.07) is 7.75. The largest absolute Gasteiger partial charge is 0.468 e. The standard InChI is InChI=1S/C21H27N3O3S/c25-20(16-7-11-24(12-8-16)21(26)19-6-4-14-28-19)22-15-17(18-5-3-13-27-18)23-9-1-2-10-23/h3-6,13-14,16-17H,1-2,7-12,15H2,(H,22,25). The molecule has 0 radical (unpaired) electrons. The topological polar surface area (TPSA) is 65.8 Å². The van der Waals surface area contributed by atoms with Crippen LogP contribution in [-0.2, 0) is 4.79 Å². The molecule has 28 heavy (non-hydrogen) atoms. The maximum absolute atomic E-state index is 12.7. The Hall–Kier alpha value is -2.12. The zero-order valence-corrected chi connectivity index (χ0v) is 16.8. The van der Waals surface area contributed by atoms with Gasteiger partial charge in [0.1, 0.15) is 5.76 Å². The fourth-order valence-electron chi connectivity index (χ4n) is 4.19. The van der Waals surface area contributed by atoms with Gasteiger partial charge in [-0.25, -0.2) is 0 Å².